The van der Waals surface area contributed by atoms with Gasteiger partial charge in [0.15, 0.2) is 0 Å². The van der Waals surface area contributed by atoms with Crippen LogP contribution < -0.4 is 4.90 Å². The van der Waals surface area contributed by atoms with Crippen LogP contribution in [-0.4, -0.2) is 38.1 Å². The fourth-order valence-electron chi connectivity index (χ4n) is 1.94. The van der Waals surface area contributed by atoms with Crippen LogP contribution in [-0.2, 0) is 6.18 Å². The number of anilines is 1. The van der Waals surface area contributed by atoms with Gasteiger partial charge in [-0.3, -0.25) is 0 Å². The van der Waals surface area contributed by atoms with Crippen LogP contribution in [0, 0.1) is 0 Å². The molecule has 0 amide bonds. The Hall–Kier alpha value is -0.940. The second-order valence-electron chi connectivity index (χ2n) is 4.34. The molecule has 0 saturated carbocycles. The molecule has 0 aromatic heterocycles. The lowest BCUT2D eigenvalue weighted by molar-refractivity contribution is -0.137. The van der Waals surface area contributed by atoms with Crippen molar-refractivity contribution in [2.45, 2.75) is 6.18 Å². The molecule has 1 aliphatic heterocycles. The number of likely N-dealkylation sites (N-methyl/N-ethyl adjacent to an activating group) is 1. The smallest absolute Gasteiger partial charge is 0.369 e. The molecule has 102 valence electrons. The van der Waals surface area contributed by atoms with Crippen LogP contribution in [0.15, 0.2) is 24.3 Å². The Balaban J connectivity index is 0.00000162. The maximum Gasteiger partial charge on any atom is 0.416 e. The number of hydrogen-bond donors (Lipinski definition) is 0. The average molecular weight is 281 g/mol. The third-order valence-corrected chi connectivity index (χ3v) is 3.04. The Bertz CT molecular complexity index is 387. The summed E-state index contributed by atoms with van der Waals surface area (Å²) in [5, 5.41) is 0. The summed E-state index contributed by atoms with van der Waals surface area (Å²) in [5.74, 6) is 0. The number of halogens is 4. The van der Waals surface area contributed by atoms with Crippen molar-refractivity contribution >= 4 is 18.1 Å². The Morgan fingerprint density at radius 2 is 1.67 bits per heavy atom. The molecular formula is C12H16ClF3N2. The van der Waals surface area contributed by atoms with Crippen molar-refractivity contribution in [3.63, 3.8) is 0 Å². The highest BCUT2D eigenvalue weighted by molar-refractivity contribution is 5.85. The highest BCUT2D eigenvalue weighted by Crippen LogP contribution is 2.31. The van der Waals surface area contributed by atoms with E-state index in [4.69, 9.17) is 0 Å². The quantitative estimate of drug-likeness (QED) is 0.780. The van der Waals surface area contributed by atoms with Crippen LogP contribution >= 0.6 is 12.4 Å². The molecule has 1 saturated heterocycles. The molecule has 2 rings (SSSR count). The van der Waals surface area contributed by atoms with Crippen molar-refractivity contribution in [2.75, 3.05) is 38.1 Å². The molecule has 1 fully saturated rings. The van der Waals surface area contributed by atoms with E-state index in [0.29, 0.717) is 5.69 Å². The summed E-state index contributed by atoms with van der Waals surface area (Å²) < 4.78 is 37.7. The number of nitrogens with zero attached hydrogens (tertiary/aromatic N) is 2. The van der Waals surface area contributed by atoms with Gasteiger partial charge in [-0.15, -0.1) is 12.4 Å². The Morgan fingerprint density at radius 3 is 2.22 bits per heavy atom. The zero-order chi connectivity index (χ0) is 12.5. The zero-order valence-electron chi connectivity index (χ0n) is 10.1. The van der Waals surface area contributed by atoms with Gasteiger partial charge in [0.25, 0.3) is 0 Å². The van der Waals surface area contributed by atoms with E-state index in [2.05, 4.69) is 4.90 Å². The van der Waals surface area contributed by atoms with Crippen LogP contribution in [0.1, 0.15) is 5.56 Å². The highest BCUT2D eigenvalue weighted by Gasteiger charge is 2.30. The third kappa shape index (κ3) is 3.53. The van der Waals surface area contributed by atoms with Gasteiger partial charge >= 0.3 is 6.18 Å². The molecule has 1 aliphatic rings. The van der Waals surface area contributed by atoms with Gasteiger partial charge in [0.1, 0.15) is 0 Å². The van der Waals surface area contributed by atoms with Crippen LogP contribution in [0.3, 0.4) is 0 Å². The normalized spacial score (nSPS) is 17.4. The van der Waals surface area contributed by atoms with Crippen LogP contribution in [0.4, 0.5) is 18.9 Å². The fraction of sp³-hybridized carbons (Fsp3) is 0.500. The van der Waals surface area contributed by atoms with Gasteiger partial charge in [-0.25, -0.2) is 0 Å². The molecule has 18 heavy (non-hydrogen) atoms. The lowest BCUT2D eigenvalue weighted by Crippen LogP contribution is -2.44. The van der Waals surface area contributed by atoms with Crippen molar-refractivity contribution in [1.29, 1.82) is 0 Å². The van der Waals surface area contributed by atoms with Gasteiger partial charge in [0, 0.05) is 31.9 Å². The fourth-order valence-corrected chi connectivity index (χ4v) is 1.94. The number of piperazine rings is 1. The minimum Gasteiger partial charge on any atom is -0.369 e. The first kappa shape index (κ1) is 15.1. The molecule has 1 aromatic rings. The summed E-state index contributed by atoms with van der Waals surface area (Å²) >= 11 is 0. The van der Waals surface area contributed by atoms with Crippen molar-refractivity contribution < 1.29 is 13.2 Å². The molecule has 0 bridgehead atoms. The lowest BCUT2D eigenvalue weighted by Gasteiger charge is -2.34. The Labute approximate surface area is 111 Å². The SMILES string of the molecule is CN1CCN(c2cccc(C(F)(F)F)c2)CC1.Cl. The molecule has 0 unspecified atom stereocenters. The number of hydrogen-bond acceptors (Lipinski definition) is 2. The Kier molecular flexibility index (Phi) is 4.87. The monoisotopic (exact) mass is 280 g/mol. The van der Waals surface area contributed by atoms with Crippen LogP contribution in [0.25, 0.3) is 0 Å². The molecule has 0 radical (unpaired) electrons. The van der Waals surface area contributed by atoms with E-state index in [1.165, 1.54) is 12.1 Å². The molecular weight excluding hydrogens is 265 g/mol. The summed E-state index contributed by atoms with van der Waals surface area (Å²) in [5.41, 5.74) is 0.0850. The number of benzene rings is 1. The predicted molar refractivity (Wildman–Crippen MR) is 68.4 cm³/mol. The molecule has 0 spiro atoms. The van der Waals surface area contributed by atoms with Crippen LogP contribution in [0.5, 0.6) is 0 Å². The van der Waals surface area contributed by atoms with E-state index in [0.717, 1.165) is 32.2 Å². The topological polar surface area (TPSA) is 6.48 Å². The zero-order valence-corrected chi connectivity index (χ0v) is 10.9. The average Bonchev–Trinajstić information content (AvgIpc) is 2.29. The van der Waals surface area contributed by atoms with E-state index >= 15 is 0 Å². The summed E-state index contributed by atoms with van der Waals surface area (Å²) in [6.07, 6.45) is -4.26. The second kappa shape index (κ2) is 5.80. The van der Waals surface area contributed by atoms with Crippen molar-refractivity contribution in [3.8, 4) is 0 Å². The molecule has 0 atom stereocenters. The van der Waals surface area contributed by atoms with E-state index in [1.54, 1.807) is 6.07 Å². The van der Waals surface area contributed by atoms with E-state index < -0.39 is 11.7 Å². The highest BCUT2D eigenvalue weighted by atomic mass is 35.5. The van der Waals surface area contributed by atoms with Gasteiger partial charge in [-0.1, -0.05) is 6.07 Å². The second-order valence-corrected chi connectivity index (χ2v) is 4.34. The Morgan fingerprint density at radius 1 is 1.06 bits per heavy atom. The van der Waals surface area contributed by atoms with Crippen LogP contribution in [0.2, 0.25) is 0 Å². The molecule has 0 aliphatic carbocycles. The maximum absolute atomic E-state index is 12.6. The van der Waals surface area contributed by atoms with Crippen molar-refractivity contribution in [2.24, 2.45) is 0 Å². The standard InChI is InChI=1S/C12H15F3N2.ClH/c1-16-5-7-17(8-6-16)11-4-2-3-10(9-11)12(13,14)15;/h2-4,9H,5-8H2,1H3;1H. The lowest BCUT2D eigenvalue weighted by atomic mass is 10.1. The largest absolute Gasteiger partial charge is 0.416 e. The number of alkyl halides is 3. The molecule has 6 heteroatoms. The third-order valence-electron chi connectivity index (χ3n) is 3.04. The van der Waals surface area contributed by atoms with Gasteiger partial charge < -0.3 is 9.80 Å². The minimum absolute atomic E-state index is 0. The van der Waals surface area contributed by atoms with Gasteiger partial charge in [-0.2, -0.15) is 13.2 Å². The van der Waals surface area contributed by atoms with Gasteiger partial charge in [0.05, 0.1) is 5.56 Å². The molecule has 2 nitrogen and oxygen atoms in total. The van der Waals surface area contributed by atoms with E-state index in [-0.39, 0.29) is 12.4 Å². The summed E-state index contributed by atoms with van der Waals surface area (Å²) in [7, 11) is 2.02. The molecule has 1 aromatic carbocycles. The van der Waals surface area contributed by atoms with Gasteiger partial charge in [-0.05, 0) is 25.2 Å². The molecule has 0 N–H and O–H groups in total. The first-order chi connectivity index (χ1) is 7.97. The summed E-state index contributed by atoms with van der Waals surface area (Å²) in [6, 6.07) is 5.54. The first-order valence-corrected chi connectivity index (χ1v) is 5.57. The summed E-state index contributed by atoms with van der Waals surface area (Å²) in [4.78, 5) is 4.17. The molecule has 1 heterocycles. The van der Waals surface area contributed by atoms with Crippen molar-refractivity contribution in [3.05, 3.63) is 29.8 Å². The maximum atomic E-state index is 12.6. The van der Waals surface area contributed by atoms with E-state index in [1.807, 2.05) is 11.9 Å². The van der Waals surface area contributed by atoms with Gasteiger partial charge in [0.2, 0.25) is 0 Å². The number of rotatable bonds is 1. The van der Waals surface area contributed by atoms with E-state index in [9.17, 15) is 13.2 Å². The predicted octanol–water partition coefficient (Wildman–Crippen LogP) is 2.88. The minimum atomic E-state index is -4.26. The van der Waals surface area contributed by atoms with Crippen molar-refractivity contribution in [1.82, 2.24) is 4.90 Å². The summed E-state index contributed by atoms with van der Waals surface area (Å²) in [6.45, 7) is 3.32. The first-order valence-electron chi connectivity index (χ1n) is 5.57.